The maximum absolute atomic E-state index is 13.3. The van der Waals surface area contributed by atoms with Gasteiger partial charge in [0.05, 0.1) is 23.4 Å². The van der Waals surface area contributed by atoms with Gasteiger partial charge < -0.3 is 4.74 Å². The number of rotatable bonds is 2. The Kier molecular flexibility index (Phi) is 5.10. The SMILES string of the molecule is Cc1cc2c(cnn2-c2ccc(F)cc2)cc1C1C=CCCN1C(=O)OC(C)(C)C. The van der Waals surface area contributed by atoms with Crippen LogP contribution in [0.15, 0.2) is 54.7 Å². The van der Waals surface area contributed by atoms with E-state index in [-0.39, 0.29) is 18.0 Å². The molecule has 3 aromatic rings. The Morgan fingerprint density at radius 1 is 1.20 bits per heavy atom. The minimum Gasteiger partial charge on any atom is -0.444 e. The molecule has 156 valence electrons. The zero-order valence-corrected chi connectivity index (χ0v) is 17.7. The molecule has 0 fully saturated rings. The van der Waals surface area contributed by atoms with Crippen molar-refractivity contribution in [3.05, 3.63) is 71.7 Å². The summed E-state index contributed by atoms with van der Waals surface area (Å²) in [6.07, 6.45) is 6.47. The van der Waals surface area contributed by atoms with Gasteiger partial charge in [0.25, 0.3) is 0 Å². The molecule has 2 heterocycles. The van der Waals surface area contributed by atoms with E-state index in [0.717, 1.165) is 34.1 Å². The van der Waals surface area contributed by atoms with Crippen LogP contribution in [0, 0.1) is 12.7 Å². The molecule has 0 aliphatic carbocycles. The predicted molar refractivity (Wildman–Crippen MR) is 115 cm³/mol. The number of nitrogens with zero attached hydrogens (tertiary/aromatic N) is 3. The molecule has 1 aliphatic rings. The van der Waals surface area contributed by atoms with Gasteiger partial charge in [-0.3, -0.25) is 4.90 Å². The van der Waals surface area contributed by atoms with Gasteiger partial charge in [-0.25, -0.2) is 13.9 Å². The fraction of sp³-hybridized carbons (Fsp3) is 0.333. The average molecular weight is 407 g/mol. The van der Waals surface area contributed by atoms with Gasteiger partial charge in [-0.1, -0.05) is 12.2 Å². The largest absolute Gasteiger partial charge is 0.444 e. The van der Waals surface area contributed by atoms with Crippen LogP contribution in [0.1, 0.15) is 44.4 Å². The minimum absolute atomic E-state index is 0.188. The first kappa shape index (κ1) is 20.1. The lowest BCUT2D eigenvalue weighted by atomic mass is 9.95. The van der Waals surface area contributed by atoms with E-state index in [0.29, 0.717) is 6.54 Å². The molecular weight excluding hydrogens is 381 g/mol. The summed E-state index contributed by atoms with van der Waals surface area (Å²) < 4.78 is 20.7. The van der Waals surface area contributed by atoms with Gasteiger partial charge in [-0.15, -0.1) is 0 Å². The Labute approximate surface area is 175 Å². The van der Waals surface area contributed by atoms with Crippen LogP contribution in [-0.2, 0) is 4.74 Å². The van der Waals surface area contributed by atoms with Crippen LogP contribution < -0.4 is 0 Å². The van der Waals surface area contributed by atoms with Gasteiger partial charge in [-0.05, 0) is 81.6 Å². The second-order valence-electron chi connectivity index (χ2n) is 8.64. The van der Waals surface area contributed by atoms with Crippen LogP contribution in [-0.4, -0.2) is 32.9 Å². The maximum Gasteiger partial charge on any atom is 0.411 e. The van der Waals surface area contributed by atoms with E-state index >= 15 is 0 Å². The van der Waals surface area contributed by atoms with Gasteiger partial charge in [0, 0.05) is 11.9 Å². The number of aromatic nitrogens is 2. The van der Waals surface area contributed by atoms with E-state index in [4.69, 9.17) is 4.74 Å². The number of halogens is 1. The van der Waals surface area contributed by atoms with Crippen molar-refractivity contribution in [3.63, 3.8) is 0 Å². The number of amides is 1. The van der Waals surface area contributed by atoms with Crippen LogP contribution in [0.25, 0.3) is 16.6 Å². The third-order valence-corrected chi connectivity index (χ3v) is 5.16. The van der Waals surface area contributed by atoms with E-state index < -0.39 is 5.60 Å². The number of carbonyl (C=O) groups is 1. The number of hydrogen-bond donors (Lipinski definition) is 0. The molecule has 1 amide bonds. The molecule has 0 saturated heterocycles. The highest BCUT2D eigenvalue weighted by atomic mass is 19.1. The average Bonchev–Trinajstić information content (AvgIpc) is 3.09. The third-order valence-electron chi connectivity index (χ3n) is 5.16. The second kappa shape index (κ2) is 7.59. The molecule has 6 heteroatoms. The molecule has 0 saturated carbocycles. The number of carbonyl (C=O) groups excluding carboxylic acids is 1. The third kappa shape index (κ3) is 3.95. The summed E-state index contributed by atoms with van der Waals surface area (Å²) in [5, 5.41) is 5.46. The molecule has 0 N–H and O–H groups in total. The first-order valence-corrected chi connectivity index (χ1v) is 10.1. The summed E-state index contributed by atoms with van der Waals surface area (Å²) >= 11 is 0. The highest BCUT2D eigenvalue weighted by Gasteiger charge is 2.30. The minimum atomic E-state index is -0.544. The van der Waals surface area contributed by atoms with Gasteiger partial charge >= 0.3 is 6.09 Å². The molecule has 0 spiro atoms. The standard InChI is InChI=1S/C24H26FN3O2/c1-16-13-22-17(15-26-28(22)19-10-8-18(25)9-11-19)14-20(16)21-7-5-6-12-27(21)23(29)30-24(2,3)4/h5,7-11,13-15,21H,6,12H2,1-4H3. The molecule has 2 aromatic carbocycles. The van der Waals surface area contributed by atoms with Crippen molar-refractivity contribution in [2.45, 2.75) is 45.8 Å². The number of hydrogen-bond acceptors (Lipinski definition) is 3. The van der Waals surface area contributed by atoms with Crippen molar-refractivity contribution in [2.24, 2.45) is 0 Å². The van der Waals surface area contributed by atoms with Crippen LogP contribution in [0.2, 0.25) is 0 Å². The Morgan fingerprint density at radius 2 is 1.93 bits per heavy atom. The van der Waals surface area contributed by atoms with E-state index in [2.05, 4.69) is 29.4 Å². The lowest BCUT2D eigenvalue weighted by molar-refractivity contribution is 0.0190. The molecule has 1 unspecified atom stereocenters. The van der Waals surface area contributed by atoms with Crippen molar-refractivity contribution >= 4 is 17.0 Å². The van der Waals surface area contributed by atoms with Gasteiger partial charge in [-0.2, -0.15) is 5.10 Å². The van der Waals surface area contributed by atoms with Crippen LogP contribution in [0.5, 0.6) is 0 Å². The molecule has 1 aliphatic heterocycles. The zero-order valence-electron chi connectivity index (χ0n) is 17.7. The van der Waals surface area contributed by atoms with Crippen molar-refractivity contribution in [1.29, 1.82) is 0 Å². The monoisotopic (exact) mass is 407 g/mol. The van der Waals surface area contributed by atoms with E-state index in [1.807, 2.05) is 27.7 Å². The van der Waals surface area contributed by atoms with Crippen molar-refractivity contribution in [2.75, 3.05) is 6.54 Å². The van der Waals surface area contributed by atoms with Gasteiger partial charge in [0.1, 0.15) is 11.4 Å². The molecule has 0 bridgehead atoms. The van der Waals surface area contributed by atoms with Crippen molar-refractivity contribution in [3.8, 4) is 5.69 Å². The zero-order chi connectivity index (χ0) is 21.5. The molecule has 1 aromatic heterocycles. The number of ether oxygens (including phenoxy) is 1. The predicted octanol–water partition coefficient (Wildman–Crippen LogP) is 5.71. The molecule has 30 heavy (non-hydrogen) atoms. The van der Waals surface area contributed by atoms with Gasteiger partial charge in [0.15, 0.2) is 0 Å². The second-order valence-corrected chi connectivity index (χ2v) is 8.64. The van der Waals surface area contributed by atoms with Crippen molar-refractivity contribution < 1.29 is 13.9 Å². The van der Waals surface area contributed by atoms with Crippen LogP contribution in [0.4, 0.5) is 9.18 Å². The van der Waals surface area contributed by atoms with Crippen molar-refractivity contribution in [1.82, 2.24) is 14.7 Å². The molecular formula is C24H26FN3O2. The summed E-state index contributed by atoms with van der Waals surface area (Å²) in [4.78, 5) is 14.6. The summed E-state index contributed by atoms with van der Waals surface area (Å²) in [7, 11) is 0. The number of fused-ring (bicyclic) bond motifs is 1. The summed E-state index contributed by atoms with van der Waals surface area (Å²) in [5.41, 5.74) is 3.29. The fourth-order valence-corrected chi connectivity index (χ4v) is 3.78. The number of benzene rings is 2. The van der Waals surface area contributed by atoms with E-state index in [1.54, 1.807) is 27.9 Å². The van der Waals surface area contributed by atoms with Crippen LogP contribution in [0.3, 0.4) is 0 Å². The topological polar surface area (TPSA) is 47.4 Å². The highest BCUT2D eigenvalue weighted by molar-refractivity contribution is 5.82. The Hall–Kier alpha value is -3.15. The Bertz CT molecular complexity index is 1110. The highest BCUT2D eigenvalue weighted by Crippen LogP contribution is 2.33. The van der Waals surface area contributed by atoms with Gasteiger partial charge in [0.2, 0.25) is 0 Å². The van der Waals surface area contributed by atoms with E-state index in [1.165, 1.54) is 12.1 Å². The maximum atomic E-state index is 13.3. The number of aryl methyl sites for hydroxylation is 1. The lowest BCUT2D eigenvalue weighted by Crippen LogP contribution is -2.40. The molecule has 1 atom stereocenters. The molecule has 5 nitrogen and oxygen atoms in total. The quantitative estimate of drug-likeness (QED) is 0.511. The summed E-state index contributed by atoms with van der Waals surface area (Å²) in [6, 6.07) is 10.2. The Morgan fingerprint density at radius 3 is 2.63 bits per heavy atom. The fourth-order valence-electron chi connectivity index (χ4n) is 3.78. The molecule has 4 rings (SSSR count). The smallest absolute Gasteiger partial charge is 0.411 e. The Balaban J connectivity index is 1.72. The van der Waals surface area contributed by atoms with Crippen LogP contribution >= 0.6 is 0 Å². The first-order chi connectivity index (χ1) is 14.2. The van der Waals surface area contributed by atoms with E-state index in [9.17, 15) is 9.18 Å². The normalized spacial score (nSPS) is 16.8. The lowest BCUT2D eigenvalue weighted by Gasteiger charge is -2.35. The summed E-state index contributed by atoms with van der Waals surface area (Å²) in [6.45, 7) is 8.28. The molecule has 0 radical (unpaired) electrons. The first-order valence-electron chi connectivity index (χ1n) is 10.1. The summed E-state index contributed by atoms with van der Waals surface area (Å²) in [5.74, 6) is -0.278.